The first-order chi connectivity index (χ1) is 14.1. The van der Waals surface area contributed by atoms with E-state index in [-0.39, 0.29) is 11.5 Å². The number of fused-ring (bicyclic) bond motifs is 3. The number of hydrogen-bond acceptors (Lipinski definition) is 6. The molecule has 1 aromatic carbocycles. The lowest BCUT2D eigenvalue weighted by molar-refractivity contribution is -0.115. The number of aromatic nitrogens is 2. The van der Waals surface area contributed by atoms with Gasteiger partial charge >= 0.3 is 0 Å². The molecule has 6 nitrogen and oxygen atoms in total. The average Bonchev–Trinajstić information content (AvgIpc) is 3.10. The van der Waals surface area contributed by atoms with Crippen molar-refractivity contribution >= 4 is 44.9 Å². The van der Waals surface area contributed by atoms with Gasteiger partial charge in [0, 0.05) is 22.7 Å². The number of carbonyl (C=O) groups is 1. The number of ether oxygens (including phenoxy) is 1. The Labute approximate surface area is 177 Å². The zero-order valence-electron chi connectivity index (χ0n) is 16.2. The van der Waals surface area contributed by atoms with E-state index in [0.717, 1.165) is 40.9 Å². The van der Waals surface area contributed by atoms with Crippen LogP contribution in [0, 0.1) is 0 Å². The van der Waals surface area contributed by atoms with Crippen molar-refractivity contribution in [1.82, 2.24) is 9.97 Å². The van der Waals surface area contributed by atoms with Gasteiger partial charge in [0.25, 0.3) is 5.56 Å². The summed E-state index contributed by atoms with van der Waals surface area (Å²) in [4.78, 5) is 34.4. The van der Waals surface area contributed by atoms with E-state index in [1.54, 1.807) is 30.2 Å². The molecule has 0 saturated carbocycles. The zero-order chi connectivity index (χ0) is 20.2. The molecule has 0 unspecified atom stereocenters. The Morgan fingerprint density at radius 3 is 2.86 bits per heavy atom. The molecule has 29 heavy (non-hydrogen) atoms. The van der Waals surface area contributed by atoms with Gasteiger partial charge in [-0.3, -0.25) is 9.59 Å². The second kappa shape index (κ2) is 9.00. The summed E-state index contributed by atoms with van der Waals surface area (Å²) in [6.07, 6.45) is 4.78. The van der Waals surface area contributed by atoms with E-state index in [1.807, 2.05) is 24.3 Å². The minimum Gasteiger partial charge on any atom is -0.497 e. The van der Waals surface area contributed by atoms with Crippen molar-refractivity contribution in [3.05, 3.63) is 50.9 Å². The van der Waals surface area contributed by atoms with Crippen molar-refractivity contribution in [3.8, 4) is 5.75 Å². The quantitative estimate of drug-likeness (QED) is 0.552. The number of aromatic amines is 1. The molecule has 0 atom stereocenters. The third-order valence-electron chi connectivity index (χ3n) is 4.96. The number of aryl methyl sites for hydroxylation is 2. The van der Waals surface area contributed by atoms with Crippen LogP contribution in [-0.2, 0) is 23.4 Å². The summed E-state index contributed by atoms with van der Waals surface area (Å²) in [6.45, 7) is 0. The van der Waals surface area contributed by atoms with E-state index in [4.69, 9.17) is 4.74 Å². The highest BCUT2D eigenvalue weighted by molar-refractivity contribution is 7.98. The van der Waals surface area contributed by atoms with Crippen LogP contribution in [0.25, 0.3) is 10.2 Å². The van der Waals surface area contributed by atoms with Crippen molar-refractivity contribution in [2.75, 3.05) is 18.2 Å². The molecule has 0 radical (unpaired) electrons. The molecule has 4 rings (SSSR count). The van der Waals surface area contributed by atoms with E-state index in [0.29, 0.717) is 23.8 Å². The Balaban J connectivity index is 1.30. The van der Waals surface area contributed by atoms with Crippen LogP contribution in [0.1, 0.15) is 35.5 Å². The number of H-pyrrole nitrogens is 1. The molecule has 0 fully saturated rings. The van der Waals surface area contributed by atoms with Crippen molar-refractivity contribution < 1.29 is 9.53 Å². The molecule has 2 aromatic heterocycles. The van der Waals surface area contributed by atoms with Crippen LogP contribution in [-0.4, -0.2) is 28.7 Å². The maximum Gasteiger partial charge on any atom is 0.259 e. The molecule has 0 saturated heterocycles. The second-order valence-corrected chi connectivity index (χ2v) is 9.17. The average molecular weight is 430 g/mol. The van der Waals surface area contributed by atoms with E-state index >= 15 is 0 Å². The highest BCUT2D eigenvalue weighted by Crippen LogP contribution is 2.33. The van der Waals surface area contributed by atoms with E-state index in [1.165, 1.54) is 16.9 Å². The molecule has 1 amide bonds. The Bertz CT molecular complexity index is 1070. The number of carbonyl (C=O) groups excluding carboxylic acids is 1. The number of rotatable bonds is 7. The van der Waals surface area contributed by atoms with E-state index in [2.05, 4.69) is 15.3 Å². The first kappa shape index (κ1) is 20.0. The van der Waals surface area contributed by atoms with Crippen LogP contribution in [0.2, 0.25) is 0 Å². The number of nitrogens with one attached hydrogen (secondary N) is 2. The Kier molecular flexibility index (Phi) is 6.20. The summed E-state index contributed by atoms with van der Waals surface area (Å²) in [7, 11) is 1.61. The number of methoxy groups -OCH3 is 1. The van der Waals surface area contributed by atoms with Gasteiger partial charge in [0.15, 0.2) is 0 Å². The van der Waals surface area contributed by atoms with Crippen LogP contribution in [0.15, 0.2) is 29.1 Å². The van der Waals surface area contributed by atoms with Gasteiger partial charge < -0.3 is 15.0 Å². The predicted octanol–water partition coefficient (Wildman–Crippen LogP) is 4.13. The SMILES string of the molecule is COc1ccc(NC(=O)CCSCc2nc3sc4c(c3c(=O)[nH]2)CCCC4)cc1. The van der Waals surface area contributed by atoms with Gasteiger partial charge in [-0.1, -0.05) is 0 Å². The first-order valence-corrected chi connectivity index (χ1v) is 11.7. The number of thiophene rings is 1. The number of nitrogens with zero attached hydrogens (tertiary/aromatic N) is 1. The topological polar surface area (TPSA) is 84.1 Å². The molecule has 1 aliphatic carbocycles. The fourth-order valence-corrected chi connectivity index (χ4v) is 5.59. The largest absolute Gasteiger partial charge is 0.497 e. The molecule has 1 aliphatic rings. The summed E-state index contributed by atoms with van der Waals surface area (Å²) >= 11 is 3.26. The summed E-state index contributed by atoms with van der Waals surface area (Å²) in [5.41, 5.74) is 1.93. The van der Waals surface area contributed by atoms with Gasteiger partial charge in [-0.15, -0.1) is 11.3 Å². The third-order valence-corrected chi connectivity index (χ3v) is 7.12. The van der Waals surface area contributed by atoms with Crippen molar-refractivity contribution in [2.45, 2.75) is 37.9 Å². The monoisotopic (exact) mass is 429 g/mol. The lowest BCUT2D eigenvalue weighted by Gasteiger charge is -2.09. The molecular formula is C21H23N3O3S2. The fourth-order valence-electron chi connectivity index (χ4n) is 3.51. The first-order valence-electron chi connectivity index (χ1n) is 9.69. The molecule has 8 heteroatoms. The van der Waals surface area contributed by atoms with Gasteiger partial charge in [0.2, 0.25) is 5.91 Å². The molecular weight excluding hydrogens is 406 g/mol. The molecule has 0 bridgehead atoms. The highest BCUT2D eigenvalue weighted by atomic mass is 32.2. The Morgan fingerprint density at radius 1 is 1.28 bits per heavy atom. The lowest BCUT2D eigenvalue weighted by Crippen LogP contribution is -2.13. The van der Waals surface area contributed by atoms with Crippen molar-refractivity contribution in [2.24, 2.45) is 0 Å². The molecule has 152 valence electrons. The fraction of sp³-hybridized carbons (Fsp3) is 0.381. The summed E-state index contributed by atoms with van der Waals surface area (Å²) in [6, 6.07) is 7.25. The zero-order valence-corrected chi connectivity index (χ0v) is 17.9. The van der Waals surface area contributed by atoms with Gasteiger partial charge in [-0.25, -0.2) is 4.98 Å². The predicted molar refractivity (Wildman–Crippen MR) is 119 cm³/mol. The molecule has 0 spiro atoms. The van der Waals surface area contributed by atoms with E-state index in [9.17, 15) is 9.59 Å². The number of hydrogen-bond donors (Lipinski definition) is 2. The van der Waals surface area contributed by atoms with Crippen LogP contribution in [0.5, 0.6) is 5.75 Å². The summed E-state index contributed by atoms with van der Waals surface area (Å²) in [5.74, 6) is 2.64. The number of thioether (sulfide) groups is 1. The number of benzene rings is 1. The molecule has 2 heterocycles. The van der Waals surface area contributed by atoms with Gasteiger partial charge in [-0.2, -0.15) is 11.8 Å². The van der Waals surface area contributed by atoms with Gasteiger partial charge in [0.05, 0.1) is 18.2 Å². The smallest absolute Gasteiger partial charge is 0.259 e. The number of anilines is 1. The summed E-state index contributed by atoms with van der Waals surface area (Å²) in [5, 5.41) is 3.66. The Morgan fingerprint density at radius 2 is 2.07 bits per heavy atom. The molecule has 2 N–H and O–H groups in total. The van der Waals surface area contributed by atoms with Crippen LogP contribution < -0.4 is 15.6 Å². The van der Waals surface area contributed by atoms with Gasteiger partial charge in [0.1, 0.15) is 16.4 Å². The van der Waals surface area contributed by atoms with Crippen LogP contribution >= 0.6 is 23.1 Å². The summed E-state index contributed by atoms with van der Waals surface area (Å²) < 4.78 is 5.11. The van der Waals surface area contributed by atoms with Crippen LogP contribution in [0.3, 0.4) is 0 Å². The maximum atomic E-state index is 12.6. The van der Waals surface area contributed by atoms with Crippen LogP contribution in [0.4, 0.5) is 5.69 Å². The van der Waals surface area contributed by atoms with Crippen molar-refractivity contribution in [1.29, 1.82) is 0 Å². The Hall–Kier alpha value is -2.32. The number of amides is 1. The minimum atomic E-state index is -0.0366. The third kappa shape index (κ3) is 4.64. The normalized spacial score (nSPS) is 13.3. The second-order valence-electron chi connectivity index (χ2n) is 6.98. The standard InChI is InChI=1S/C21H23N3O3S2/c1-27-14-8-6-13(7-9-14)22-18(25)10-11-28-12-17-23-20(26)19-15-4-2-3-5-16(15)29-21(19)24-17/h6-9H,2-5,10-12H2,1H3,(H,22,25)(H,23,24,26). The van der Waals surface area contributed by atoms with Crippen molar-refractivity contribution in [3.63, 3.8) is 0 Å². The van der Waals surface area contributed by atoms with Gasteiger partial charge in [-0.05, 0) is 55.5 Å². The lowest BCUT2D eigenvalue weighted by atomic mass is 9.97. The minimum absolute atomic E-state index is 0.0257. The van der Waals surface area contributed by atoms with E-state index < -0.39 is 0 Å². The molecule has 0 aliphatic heterocycles. The maximum absolute atomic E-state index is 12.6. The molecule has 3 aromatic rings. The highest BCUT2D eigenvalue weighted by Gasteiger charge is 2.19.